The molecule has 8 nitrogen and oxygen atoms in total. The van der Waals surface area contributed by atoms with Crippen LogP contribution in [0.3, 0.4) is 0 Å². The fourth-order valence-electron chi connectivity index (χ4n) is 4.23. The normalized spacial score (nSPS) is 15.6. The van der Waals surface area contributed by atoms with Gasteiger partial charge in [0.15, 0.2) is 0 Å². The van der Waals surface area contributed by atoms with Gasteiger partial charge in [0.25, 0.3) is 0 Å². The molecule has 1 aliphatic rings. The molecule has 4 rings (SSSR count). The Morgan fingerprint density at radius 1 is 1.23 bits per heavy atom. The third-order valence-electron chi connectivity index (χ3n) is 6.08. The largest absolute Gasteiger partial charge is 0.465 e. The zero-order valence-corrected chi connectivity index (χ0v) is 21.5. The van der Waals surface area contributed by atoms with E-state index in [4.69, 9.17) is 21.1 Å². The van der Waals surface area contributed by atoms with Crippen molar-refractivity contribution >= 4 is 27.6 Å². The van der Waals surface area contributed by atoms with Gasteiger partial charge in [-0.15, -0.1) is 0 Å². The third-order valence-corrected chi connectivity index (χ3v) is 8.24. The summed E-state index contributed by atoms with van der Waals surface area (Å²) < 4.78 is 40.8. The van der Waals surface area contributed by atoms with E-state index in [1.165, 1.54) is 16.4 Å². The Kier molecular flexibility index (Phi) is 7.49. The average molecular weight is 518 g/mol. The van der Waals surface area contributed by atoms with Crippen LogP contribution in [0.25, 0.3) is 0 Å². The predicted octanol–water partition coefficient (Wildman–Crippen LogP) is 4.90. The SMILES string of the molecule is CCOC(=O)Cn1ncc2c1CCC[C@H]2N(C)S(=O)(=O)c1ccc(Oc2ccc(C)cc2)c(Cl)c1. The van der Waals surface area contributed by atoms with Crippen LogP contribution in [0.2, 0.25) is 5.02 Å². The quantitative estimate of drug-likeness (QED) is 0.395. The molecule has 1 atom stereocenters. The maximum absolute atomic E-state index is 13.5. The first-order chi connectivity index (χ1) is 16.7. The highest BCUT2D eigenvalue weighted by Gasteiger charge is 2.34. The number of benzene rings is 2. The van der Waals surface area contributed by atoms with Crippen molar-refractivity contribution in [2.24, 2.45) is 0 Å². The molecule has 1 aromatic heterocycles. The number of hydrogen-bond donors (Lipinski definition) is 0. The van der Waals surface area contributed by atoms with Gasteiger partial charge in [-0.05, 0) is 63.4 Å². The minimum atomic E-state index is -3.86. The summed E-state index contributed by atoms with van der Waals surface area (Å²) in [6.45, 7) is 4.03. The van der Waals surface area contributed by atoms with Gasteiger partial charge >= 0.3 is 5.97 Å². The van der Waals surface area contributed by atoms with Crippen LogP contribution in [-0.2, 0) is 32.5 Å². The van der Waals surface area contributed by atoms with Gasteiger partial charge in [0.1, 0.15) is 18.0 Å². The van der Waals surface area contributed by atoms with Crippen LogP contribution in [0, 0.1) is 6.92 Å². The molecule has 0 unspecified atom stereocenters. The van der Waals surface area contributed by atoms with E-state index < -0.39 is 16.1 Å². The van der Waals surface area contributed by atoms with Crippen LogP contribution >= 0.6 is 11.6 Å². The fourth-order valence-corrected chi connectivity index (χ4v) is 5.91. The van der Waals surface area contributed by atoms with E-state index >= 15 is 0 Å². The minimum absolute atomic E-state index is 0.00438. The Bertz CT molecular complexity index is 1320. The van der Waals surface area contributed by atoms with Crippen LogP contribution < -0.4 is 4.74 Å². The van der Waals surface area contributed by atoms with Crippen LogP contribution in [0.1, 0.15) is 42.6 Å². The van der Waals surface area contributed by atoms with E-state index in [2.05, 4.69) is 5.10 Å². The van der Waals surface area contributed by atoms with Crippen molar-refractivity contribution < 1.29 is 22.7 Å². The zero-order valence-electron chi connectivity index (χ0n) is 19.9. The average Bonchev–Trinajstić information content (AvgIpc) is 3.24. The predicted molar refractivity (Wildman–Crippen MR) is 132 cm³/mol. The molecule has 1 heterocycles. The number of hydrogen-bond acceptors (Lipinski definition) is 6. The lowest BCUT2D eigenvalue weighted by Crippen LogP contribution is -2.33. The molecule has 0 radical (unpaired) electrons. The molecule has 35 heavy (non-hydrogen) atoms. The smallest absolute Gasteiger partial charge is 0.327 e. The van der Waals surface area contributed by atoms with Crippen molar-refractivity contribution in [2.45, 2.75) is 50.6 Å². The number of aromatic nitrogens is 2. The second-order valence-corrected chi connectivity index (χ2v) is 10.9. The lowest BCUT2D eigenvalue weighted by Gasteiger charge is -2.31. The highest BCUT2D eigenvalue weighted by atomic mass is 35.5. The number of fused-ring (bicyclic) bond motifs is 1. The number of aryl methyl sites for hydroxylation is 1. The van der Waals surface area contributed by atoms with Gasteiger partial charge in [-0.1, -0.05) is 29.3 Å². The summed E-state index contributed by atoms with van der Waals surface area (Å²) in [6.07, 6.45) is 3.79. The number of halogens is 1. The van der Waals surface area contributed by atoms with Crippen LogP contribution in [0.15, 0.2) is 53.6 Å². The van der Waals surface area contributed by atoms with Crippen LogP contribution in [0.5, 0.6) is 11.5 Å². The third kappa shape index (κ3) is 5.37. The number of carbonyl (C=O) groups excluding carboxylic acids is 1. The summed E-state index contributed by atoms with van der Waals surface area (Å²) in [4.78, 5) is 12.0. The van der Waals surface area contributed by atoms with Gasteiger partial charge in [0.2, 0.25) is 10.0 Å². The monoisotopic (exact) mass is 517 g/mol. The van der Waals surface area contributed by atoms with Crippen molar-refractivity contribution in [3.63, 3.8) is 0 Å². The van der Waals surface area contributed by atoms with Crippen LogP contribution in [-0.4, -0.2) is 42.1 Å². The Labute approximate surface area is 210 Å². The highest BCUT2D eigenvalue weighted by Crippen LogP contribution is 2.38. The molecule has 0 bridgehead atoms. The Morgan fingerprint density at radius 3 is 2.66 bits per heavy atom. The van der Waals surface area contributed by atoms with Crippen molar-refractivity contribution in [1.29, 1.82) is 0 Å². The molecule has 2 aromatic carbocycles. The number of sulfonamides is 1. The molecular formula is C25H28ClN3O5S. The van der Waals surface area contributed by atoms with Crippen molar-refractivity contribution in [3.05, 3.63) is 70.5 Å². The van der Waals surface area contributed by atoms with Crippen molar-refractivity contribution in [3.8, 4) is 11.5 Å². The molecule has 1 aliphatic carbocycles. The van der Waals surface area contributed by atoms with Crippen LogP contribution in [0.4, 0.5) is 0 Å². The molecule has 3 aromatic rings. The van der Waals surface area contributed by atoms with E-state index in [0.29, 0.717) is 24.5 Å². The molecular weight excluding hydrogens is 490 g/mol. The fraction of sp³-hybridized carbons (Fsp3) is 0.360. The molecule has 10 heteroatoms. The number of rotatable bonds is 8. The maximum atomic E-state index is 13.5. The summed E-state index contributed by atoms with van der Waals surface area (Å²) in [5.74, 6) is 0.612. The number of carbonyl (C=O) groups is 1. The summed E-state index contributed by atoms with van der Waals surface area (Å²) >= 11 is 6.40. The number of nitrogens with zero attached hydrogens (tertiary/aromatic N) is 3. The first-order valence-corrected chi connectivity index (χ1v) is 13.2. The Hall–Kier alpha value is -2.88. The molecule has 0 spiro atoms. The Balaban J connectivity index is 1.56. The standard InChI is InChI=1S/C25H28ClN3O5S/c1-4-33-25(30)16-29-23-7-5-6-22(20(23)15-27-29)28(3)35(31,32)19-12-13-24(21(26)14-19)34-18-10-8-17(2)9-11-18/h8-15,22H,4-7,16H2,1-3H3/t22-/m1/s1. The molecule has 0 N–H and O–H groups in total. The summed E-state index contributed by atoms with van der Waals surface area (Å²) in [7, 11) is -2.30. The lowest BCUT2D eigenvalue weighted by atomic mass is 9.93. The molecule has 0 fully saturated rings. The molecule has 0 amide bonds. The second kappa shape index (κ2) is 10.4. The van der Waals surface area contributed by atoms with E-state index in [0.717, 1.165) is 29.7 Å². The topological polar surface area (TPSA) is 90.7 Å². The van der Waals surface area contributed by atoms with E-state index in [-0.39, 0.29) is 22.4 Å². The first-order valence-electron chi connectivity index (χ1n) is 11.4. The minimum Gasteiger partial charge on any atom is -0.465 e. The number of esters is 1. The molecule has 0 saturated heterocycles. The van der Waals surface area contributed by atoms with E-state index in [1.807, 2.05) is 31.2 Å². The summed E-state index contributed by atoms with van der Waals surface area (Å²) in [5, 5.41) is 4.54. The summed E-state index contributed by atoms with van der Waals surface area (Å²) in [5.41, 5.74) is 2.76. The van der Waals surface area contributed by atoms with Gasteiger partial charge < -0.3 is 9.47 Å². The second-order valence-electron chi connectivity index (χ2n) is 8.45. The summed E-state index contributed by atoms with van der Waals surface area (Å²) in [6, 6.07) is 11.6. The van der Waals surface area contributed by atoms with Gasteiger partial charge in [0, 0.05) is 18.3 Å². The Morgan fingerprint density at radius 2 is 1.97 bits per heavy atom. The molecule has 0 aliphatic heterocycles. The number of ether oxygens (including phenoxy) is 2. The van der Waals surface area contributed by atoms with Crippen molar-refractivity contribution in [1.82, 2.24) is 14.1 Å². The van der Waals surface area contributed by atoms with Gasteiger partial charge in [0.05, 0.1) is 28.8 Å². The van der Waals surface area contributed by atoms with E-state index in [9.17, 15) is 13.2 Å². The van der Waals surface area contributed by atoms with Gasteiger partial charge in [-0.3, -0.25) is 9.48 Å². The van der Waals surface area contributed by atoms with Crippen molar-refractivity contribution in [2.75, 3.05) is 13.7 Å². The zero-order chi connectivity index (χ0) is 25.2. The molecule has 186 valence electrons. The van der Waals surface area contributed by atoms with Gasteiger partial charge in [-0.2, -0.15) is 9.40 Å². The lowest BCUT2D eigenvalue weighted by molar-refractivity contribution is -0.144. The highest BCUT2D eigenvalue weighted by molar-refractivity contribution is 7.89. The van der Waals surface area contributed by atoms with E-state index in [1.54, 1.807) is 30.9 Å². The first kappa shape index (κ1) is 25.2. The maximum Gasteiger partial charge on any atom is 0.327 e. The van der Waals surface area contributed by atoms with Gasteiger partial charge in [-0.25, -0.2) is 8.42 Å². The molecule has 0 saturated carbocycles.